The van der Waals surface area contributed by atoms with Gasteiger partial charge in [0, 0.05) is 24.4 Å². The fourth-order valence-corrected chi connectivity index (χ4v) is 1.82. The van der Waals surface area contributed by atoms with Gasteiger partial charge in [-0.2, -0.15) is 0 Å². The molecule has 0 aliphatic carbocycles. The lowest BCUT2D eigenvalue weighted by Gasteiger charge is -2.09. The molecule has 23 heavy (non-hydrogen) atoms. The van der Waals surface area contributed by atoms with Gasteiger partial charge in [-0.3, -0.25) is 14.9 Å². The maximum absolute atomic E-state index is 11.8. The van der Waals surface area contributed by atoms with Crippen LogP contribution in [0.2, 0.25) is 0 Å². The Morgan fingerprint density at radius 3 is 2.91 bits per heavy atom. The van der Waals surface area contributed by atoms with Crippen molar-refractivity contribution in [2.24, 2.45) is 0 Å². The molecule has 1 heterocycles. The van der Waals surface area contributed by atoms with Crippen LogP contribution in [0.1, 0.15) is 5.56 Å². The van der Waals surface area contributed by atoms with Crippen LogP contribution in [0.25, 0.3) is 0 Å². The van der Waals surface area contributed by atoms with Crippen molar-refractivity contribution in [2.45, 2.75) is 6.54 Å². The monoisotopic (exact) mass is 317 g/mol. The molecular formula is C15H15N3O5. The number of nitrogens with zero attached hydrogens (tertiary/aromatic N) is 2. The molecular weight excluding hydrogens is 302 g/mol. The largest absolute Gasteiger partial charge is 0.484 e. The van der Waals surface area contributed by atoms with Gasteiger partial charge in [0.25, 0.3) is 11.6 Å². The molecule has 0 atom stereocenters. The lowest BCUT2D eigenvalue weighted by Crippen LogP contribution is -2.28. The molecule has 0 aliphatic rings. The molecule has 1 N–H and O–H groups in total. The number of nitro groups is 1. The minimum Gasteiger partial charge on any atom is -0.484 e. The number of pyridine rings is 1. The second kappa shape index (κ2) is 7.74. The first-order valence-electron chi connectivity index (χ1n) is 6.72. The van der Waals surface area contributed by atoms with Gasteiger partial charge in [-0.15, -0.1) is 0 Å². The van der Waals surface area contributed by atoms with Crippen molar-refractivity contribution in [1.82, 2.24) is 10.3 Å². The molecule has 1 amide bonds. The first-order chi connectivity index (χ1) is 11.1. The zero-order valence-electron chi connectivity index (χ0n) is 12.4. The molecule has 0 aliphatic heterocycles. The van der Waals surface area contributed by atoms with Crippen molar-refractivity contribution in [3.8, 4) is 11.6 Å². The highest BCUT2D eigenvalue weighted by atomic mass is 16.6. The van der Waals surface area contributed by atoms with Crippen molar-refractivity contribution in [3.05, 3.63) is 58.3 Å². The SMILES string of the molecule is COc1ncccc1CNC(=O)COc1cccc([N+](=O)[O-])c1. The smallest absolute Gasteiger partial charge is 0.273 e. The van der Waals surface area contributed by atoms with Gasteiger partial charge in [0.05, 0.1) is 18.1 Å². The number of carbonyl (C=O) groups excluding carboxylic acids is 1. The number of nitrogens with one attached hydrogen (secondary N) is 1. The molecule has 8 nitrogen and oxygen atoms in total. The minimum atomic E-state index is -0.526. The average molecular weight is 317 g/mol. The molecule has 2 aromatic rings. The highest BCUT2D eigenvalue weighted by molar-refractivity contribution is 5.77. The molecule has 0 radical (unpaired) electrons. The lowest BCUT2D eigenvalue weighted by atomic mass is 10.2. The minimum absolute atomic E-state index is 0.0944. The number of carbonyl (C=O) groups is 1. The fraction of sp³-hybridized carbons (Fsp3) is 0.200. The van der Waals surface area contributed by atoms with Crippen molar-refractivity contribution in [3.63, 3.8) is 0 Å². The van der Waals surface area contributed by atoms with E-state index in [2.05, 4.69) is 10.3 Å². The van der Waals surface area contributed by atoms with Crippen molar-refractivity contribution in [2.75, 3.05) is 13.7 Å². The standard InChI is InChI=1S/C15H15N3O5/c1-22-15-11(4-3-7-16-15)9-17-14(19)10-23-13-6-2-5-12(8-13)18(20)21/h2-8H,9-10H2,1H3,(H,17,19). The van der Waals surface area contributed by atoms with Gasteiger partial charge < -0.3 is 14.8 Å². The third-order valence-corrected chi connectivity index (χ3v) is 2.92. The zero-order valence-corrected chi connectivity index (χ0v) is 12.4. The third-order valence-electron chi connectivity index (χ3n) is 2.92. The van der Waals surface area contributed by atoms with E-state index >= 15 is 0 Å². The van der Waals surface area contributed by atoms with Crippen LogP contribution >= 0.6 is 0 Å². The molecule has 2 rings (SSSR count). The number of amides is 1. The fourth-order valence-electron chi connectivity index (χ4n) is 1.82. The van der Waals surface area contributed by atoms with Crippen LogP contribution in [0.15, 0.2) is 42.6 Å². The number of aromatic nitrogens is 1. The molecule has 1 aromatic carbocycles. The van der Waals surface area contributed by atoms with Crippen LogP contribution in [0.3, 0.4) is 0 Å². The van der Waals surface area contributed by atoms with E-state index in [0.29, 0.717) is 5.88 Å². The molecule has 0 saturated carbocycles. The average Bonchev–Trinajstić information content (AvgIpc) is 2.58. The van der Waals surface area contributed by atoms with E-state index in [1.54, 1.807) is 24.4 Å². The number of hydrogen-bond donors (Lipinski definition) is 1. The Morgan fingerprint density at radius 2 is 2.17 bits per heavy atom. The van der Waals surface area contributed by atoms with Crippen LogP contribution in [0, 0.1) is 10.1 Å². The third kappa shape index (κ3) is 4.67. The topological polar surface area (TPSA) is 104 Å². The Kier molecular flexibility index (Phi) is 5.45. The Hall–Kier alpha value is -3.16. The quantitative estimate of drug-likeness (QED) is 0.615. The number of hydrogen-bond acceptors (Lipinski definition) is 6. The number of methoxy groups -OCH3 is 1. The Balaban J connectivity index is 1.86. The van der Waals surface area contributed by atoms with E-state index in [9.17, 15) is 14.9 Å². The van der Waals surface area contributed by atoms with E-state index in [4.69, 9.17) is 9.47 Å². The summed E-state index contributed by atoms with van der Waals surface area (Å²) in [5, 5.41) is 13.3. The summed E-state index contributed by atoms with van der Waals surface area (Å²) in [5.41, 5.74) is 0.640. The van der Waals surface area contributed by atoms with Crippen molar-refractivity contribution in [1.29, 1.82) is 0 Å². The normalized spacial score (nSPS) is 9.96. The maximum atomic E-state index is 11.8. The van der Waals surface area contributed by atoms with Gasteiger partial charge in [-0.25, -0.2) is 4.98 Å². The predicted molar refractivity (Wildman–Crippen MR) is 81.2 cm³/mol. The summed E-state index contributed by atoms with van der Waals surface area (Å²) in [5.74, 6) is 0.336. The molecule has 120 valence electrons. The van der Waals surface area contributed by atoms with Crippen molar-refractivity contribution < 1.29 is 19.2 Å². The summed E-state index contributed by atoms with van der Waals surface area (Å²) in [6.07, 6.45) is 1.59. The number of rotatable bonds is 7. The van der Waals surface area contributed by atoms with E-state index < -0.39 is 4.92 Å². The highest BCUT2D eigenvalue weighted by Crippen LogP contribution is 2.19. The first kappa shape index (κ1) is 16.2. The Morgan fingerprint density at radius 1 is 1.35 bits per heavy atom. The molecule has 0 unspecified atom stereocenters. The Labute approximate surface area is 132 Å². The van der Waals surface area contributed by atoms with Gasteiger partial charge in [0.15, 0.2) is 6.61 Å². The van der Waals surface area contributed by atoms with Crippen LogP contribution in [0.5, 0.6) is 11.6 Å². The van der Waals surface area contributed by atoms with Gasteiger partial charge in [-0.1, -0.05) is 12.1 Å². The Bertz CT molecular complexity index is 705. The maximum Gasteiger partial charge on any atom is 0.273 e. The van der Waals surface area contributed by atoms with E-state index in [1.807, 2.05) is 0 Å². The molecule has 1 aromatic heterocycles. The van der Waals surface area contributed by atoms with Crippen molar-refractivity contribution >= 4 is 11.6 Å². The van der Waals surface area contributed by atoms with Gasteiger partial charge >= 0.3 is 0 Å². The van der Waals surface area contributed by atoms with Gasteiger partial charge in [0.1, 0.15) is 5.75 Å². The lowest BCUT2D eigenvalue weighted by molar-refractivity contribution is -0.384. The van der Waals surface area contributed by atoms with Gasteiger partial charge in [0.2, 0.25) is 5.88 Å². The number of non-ortho nitro benzene ring substituents is 1. The molecule has 0 spiro atoms. The highest BCUT2D eigenvalue weighted by Gasteiger charge is 2.09. The van der Waals surface area contributed by atoms with Gasteiger partial charge in [-0.05, 0) is 12.1 Å². The van der Waals surface area contributed by atoms with E-state index in [0.717, 1.165) is 5.56 Å². The number of ether oxygens (including phenoxy) is 2. The number of nitro benzene ring substituents is 1. The summed E-state index contributed by atoms with van der Waals surface area (Å²) in [6, 6.07) is 9.17. The predicted octanol–water partition coefficient (Wildman–Crippen LogP) is 1.69. The summed E-state index contributed by atoms with van der Waals surface area (Å²) in [4.78, 5) is 25.9. The van der Waals surface area contributed by atoms with Crippen LogP contribution in [0.4, 0.5) is 5.69 Å². The van der Waals surface area contributed by atoms with E-state index in [-0.39, 0.29) is 30.5 Å². The summed E-state index contributed by atoms with van der Waals surface area (Å²) in [7, 11) is 1.50. The van der Waals surface area contributed by atoms with Crippen LogP contribution in [-0.2, 0) is 11.3 Å². The second-order valence-corrected chi connectivity index (χ2v) is 4.49. The second-order valence-electron chi connectivity index (χ2n) is 4.49. The van der Waals surface area contributed by atoms with Crippen LogP contribution in [-0.4, -0.2) is 29.5 Å². The van der Waals surface area contributed by atoms with Crippen LogP contribution < -0.4 is 14.8 Å². The zero-order chi connectivity index (χ0) is 16.7. The molecule has 0 fully saturated rings. The summed E-state index contributed by atoms with van der Waals surface area (Å²) >= 11 is 0. The first-order valence-corrected chi connectivity index (χ1v) is 6.72. The molecule has 0 bridgehead atoms. The summed E-state index contributed by atoms with van der Waals surface area (Å²) in [6.45, 7) is -0.00209. The van der Waals surface area contributed by atoms with E-state index in [1.165, 1.54) is 25.3 Å². The molecule has 0 saturated heterocycles. The molecule has 8 heteroatoms. The number of benzene rings is 1. The summed E-state index contributed by atoms with van der Waals surface area (Å²) < 4.78 is 10.3.